The molecule has 0 N–H and O–H groups in total. The molecule has 1 heterocycles. The molecule has 0 spiro atoms. The van der Waals surface area contributed by atoms with Crippen molar-refractivity contribution >= 4 is 9.90 Å². The first-order valence-electron chi connectivity index (χ1n) is 4.25. The van der Waals surface area contributed by atoms with Crippen LogP contribution >= 0.6 is 9.90 Å². The molecule has 1 aromatic heterocycles. The molecule has 1 aromatic rings. The van der Waals surface area contributed by atoms with E-state index in [0.29, 0.717) is 0 Å². The highest BCUT2D eigenvalue weighted by molar-refractivity contribution is 6.92. The van der Waals surface area contributed by atoms with Gasteiger partial charge in [0.25, 0.3) is 0 Å². The Hall–Kier alpha value is -0.420. The third-order valence-electron chi connectivity index (χ3n) is 1.92. The number of hydrogen-bond acceptors (Lipinski definition) is 1. The number of unbranched alkanes of at least 4 members (excludes halogenated alkanes) is 1. The predicted octanol–water partition coefficient (Wildman–Crippen LogP) is 3.59. The summed E-state index contributed by atoms with van der Waals surface area (Å²) in [5.74, 6) is 0. The third-order valence-corrected chi connectivity index (χ3v) is 1.92. The van der Waals surface area contributed by atoms with Crippen molar-refractivity contribution in [2.45, 2.75) is 33.1 Å². The zero-order chi connectivity index (χ0) is 8.10. The minimum Gasteiger partial charge on any atom is -0.261 e. The molecule has 0 amide bonds. The minimum absolute atomic E-state index is 0. The average molecular weight is 180 g/mol. The van der Waals surface area contributed by atoms with E-state index in [2.05, 4.69) is 24.9 Å². The van der Waals surface area contributed by atoms with Crippen molar-refractivity contribution in [1.29, 1.82) is 0 Å². The van der Waals surface area contributed by atoms with Crippen molar-refractivity contribution in [3.63, 3.8) is 0 Å². The second-order valence-electron chi connectivity index (χ2n) is 2.85. The first-order valence-corrected chi connectivity index (χ1v) is 4.25. The molecule has 0 aliphatic carbocycles. The van der Waals surface area contributed by atoms with Crippen molar-refractivity contribution in [3.05, 3.63) is 29.6 Å². The van der Waals surface area contributed by atoms with Crippen LogP contribution in [0.1, 0.15) is 31.0 Å². The normalized spacial score (nSPS) is 9.17. The van der Waals surface area contributed by atoms with Gasteiger partial charge in [-0.15, -0.1) is 0 Å². The zero-order valence-electron chi connectivity index (χ0n) is 7.75. The summed E-state index contributed by atoms with van der Waals surface area (Å²) in [5.41, 5.74) is 2.58. The lowest BCUT2D eigenvalue weighted by molar-refractivity contribution is 0.786. The standard InChI is InChI=1S/C10H15N.P/c1-3-4-6-10-7-5-8-11-9(10)2;/h5,7-8H,3-4,6H2,1-2H3;. The molecule has 2 heteroatoms. The average Bonchev–Trinajstić information content (AvgIpc) is 2.03. The van der Waals surface area contributed by atoms with Gasteiger partial charge in [0.15, 0.2) is 0 Å². The van der Waals surface area contributed by atoms with Gasteiger partial charge >= 0.3 is 0 Å². The van der Waals surface area contributed by atoms with Gasteiger partial charge in [0.05, 0.1) is 0 Å². The third kappa shape index (κ3) is 3.32. The van der Waals surface area contributed by atoms with Crippen molar-refractivity contribution in [2.75, 3.05) is 0 Å². The quantitative estimate of drug-likeness (QED) is 0.648. The van der Waals surface area contributed by atoms with Gasteiger partial charge < -0.3 is 0 Å². The molecule has 0 unspecified atom stereocenters. The van der Waals surface area contributed by atoms with E-state index in [0.717, 1.165) is 0 Å². The van der Waals surface area contributed by atoms with Gasteiger partial charge in [0, 0.05) is 21.8 Å². The Morgan fingerprint density at radius 2 is 2.17 bits per heavy atom. The van der Waals surface area contributed by atoms with E-state index in [9.17, 15) is 0 Å². The number of hydrogen-bond donors (Lipinski definition) is 0. The Labute approximate surface area is 78.2 Å². The van der Waals surface area contributed by atoms with Crippen molar-refractivity contribution in [2.24, 2.45) is 0 Å². The van der Waals surface area contributed by atoms with Crippen molar-refractivity contribution in [3.8, 4) is 0 Å². The number of nitrogens with zero attached hydrogens (tertiary/aromatic N) is 1. The van der Waals surface area contributed by atoms with E-state index in [1.165, 1.54) is 30.5 Å². The number of aryl methyl sites for hydroxylation is 2. The van der Waals surface area contributed by atoms with Crippen LogP contribution in [0.5, 0.6) is 0 Å². The van der Waals surface area contributed by atoms with E-state index in [4.69, 9.17) is 0 Å². The Kier molecular flexibility index (Phi) is 5.92. The van der Waals surface area contributed by atoms with Crippen LogP contribution in [0.2, 0.25) is 0 Å². The highest BCUT2D eigenvalue weighted by atomic mass is 31.0. The molecule has 0 atom stereocenters. The van der Waals surface area contributed by atoms with Crippen LogP contribution in [0.3, 0.4) is 0 Å². The maximum atomic E-state index is 4.23. The minimum atomic E-state index is 0. The fourth-order valence-electron chi connectivity index (χ4n) is 1.15. The number of rotatable bonds is 3. The van der Waals surface area contributed by atoms with Gasteiger partial charge in [0.1, 0.15) is 0 Å². The molecule has 1 rings (SSSR count). The highest BCUT2D eigenvalue weighted by Crippen LogP contribution is 2.07. The van der Waals surface area contributed by atoms with Crippen molar-refractivity contribution in [1.82, 2.24) is 4.98 Å². The molecule has 0 saturated heterocycles. The Balaban J connectivity index is 0.00000121. The monoisotopic (exact) mass is 180 g/mol. The van der Waals surface area contributed by atoms with E-state index in [1.54, 1.807) is 0 Å². The summed E-state index contributed by atoms with van der Waals surface area (Å²) in [6, 6.07) is 4.18. The van der Waals surface area contributed by atoms with Gasteiger partial charge in [-0.3, -0.25) is 4.98 Å². The molecule has 12 heavy (non-hydrogen) atoms. The molecule has 0 bridgehead atoms. The van der Waals surface area contributed by atoms with Crippen LogP contribution in [0.4, 0.5) is 0 Å². The second kappa shape index (κ2) is 6.14. The molecule has 0 aromatic carbocycles. The molecule has 3 radical (unpaired) electrons. The summed E-state index contributed by atoms with van der Waals surface area (Å²) in [4.78, 5) is 4.23. The first kappa shape index (κ1) is 11.6. The number of aromatic nitrogens is 1. The Morgan fingerprint density at radius 3 is 2.75 bits per heavy atom. The summed E-state index contributed by atoms with van der Waals surface area (Å²) in [6.07, 6.45) is 5.56. The largest absolute Gasteiger partial charge is 0.261 e. The zero-order valence-corrected chi connectivity index (χ0v) is 8.64. The lowest BCUT2D eigenvalue weighted by Gasteiger charge is -2.01. The fraction of sp³-hybridized carbons (Fsp3) is 0.500. The smallest absolute Gasteiger partial charge is 0.0404 e. The molecule has 0 aliphatic rings. The van der Waals surface area contributed by atoms with E-state index in [1.807, 2.05) is 12.3 Å². The first-order chi connectivity index (χ1) is 5.34. The Bertz CT molecular complexity index is 223. The summed E-state index contributed by atoms with van der Waals surface area (Å²) < 4.78 is 0. The molecule has 65 valence electrons. The SMILES string of the molecule is CCCCc1cccnc1C.[P]. The lowest BCUT2D eigenvalue weighted by Crippen LogP contribution is -1.91. The molecule has 0 aliphatic heterocycles. The maximum absolute atomic E-state index is 4.23. The van der Waals surface area contributed by atoms with Gasteiger partial charge in [-0.1, -0.05) is 19.4 Å². The highest BCUT2D eigenvalue weighted by Gasteiger charge is 1.95. The summed E-state index contributed by atoms with van der Waals surface area (Å²) >= 11 is 0. The van der Waals surface area contributed by atoms with Crippen LogP contribution in [0.15, 0.2) is 18.3 Å². The van der Waals surface area contributed by atoms with Gasteiger partial charge in [-0.25, -0.2) is 0 Å². The molecular formula is C10H15NP. The van der Waals surface area contributed by atoms with Gasteiger partial charge in [0.2, 0.25) is 0 Å². The Morgan fingerprint density at radius 1 is 1.42 bits per heavy atom. The summed E-state index contributed by atoms with van der Waals surface area (Å²) in [7, 11) is 0. The van der Waals surface area contributed by atoms with Crippen LogP contribution in [-0.4, -0.2) is 4.98 Å². The molecule has 1 nitrogen and oxygen atoms in total. The fourth-order valence-corrected chi connectivity index (χ4v) is 1.15. The predicted molar refractivity (Wildman–Crippen MR) is 54.5 cm³/mol. The van der Waals surface area contributed by atoms with Gasteiger partial charge in [-0.05, 0) is 31.4 Å². The topological polar surface area (TPSA) is 12.9 Å². The van der Waals surface area contributed by atoms with Gasteiger partial charge in [-0.2, -0.15) is 0 Å². The lowest BCUT2D eigenvalue weighted by atomic mass is 10.1. The van der Waals surface area contributed by atoms with Crippen LogP contribution in [0.25, 0.3) is 0 Å². The second-order valence-corrected chi connectivity index (χ2v) is 2.85. The van der Waals surface area contributed by atoms with E-state index < -0.39 is 0 Å². The summed E-state index contributed by atoms with van der Waals surface area (Å²) in [6.45, 7) is 4.29. The van der Waals surface area contributed by atoms with Crippen LogP contribution < -0.4 is 0 Å². The van der Waals surface area contributed by atoms with Crippen molar-refractivity contribution < 1.29 is 0 Å². The van der Waals surface area contributed by atoms with Crippen LogP contribution in [-0.2, 0) is 6.42 Å². The summed E-state index contributed by atoms with van der Waals surface area (Å²) in [5, 5.41) is 0. The maximum Gasteiger partial charge on any atom is 0.0404 e. The van der Waals surface area contributed by atoms with Crippen LogP contribution in [0, 0.1) is 6.92 Å². The molecule has 0 saturated carbocycles. The molecular weight excluding hydrogens is 165 g/mol. The molecule has 0 fully saturated rings. The van der Waals surface area contributed by atoms with E-state index in [-0.39, 0.29) is 9.90 Å². The number of pyridine rings is 1. The van der Waals surface area contributed by atoms with E-state index >= 15 is 0 Å².